The summed E-state index contributed by atoms with van der Waals surface area (Å²) in [6.07, 6.45) is 0. The Morgan fingerprint density at radius 2 is 1.71 bits per heavy atom. The maximum absolute atomic E-state index is 12.2. The van der Waals surface area contributed by atoms with E-state index in [1.165, 1.54) is 18.2 Å². The van der Waals surface area contributed by atoms with E-state index in [0.717, 1.165) is 4.90 Å². The number of esters is 1. The van der Waals surface area contributed by atoms with Crippen LogP contribution in [0.4, 0.5) is 5.82 Å². The molecule has 28 heavy (non-hydrogen) atoms. The minimum atomic E-state index is -0.906. The Morgan fingerprint density at radius 1 is 1.11 bits per heavy atom. The molecule has 1 aliphatic rings. The highest BCUT2D eigenvalue weighted by molar-refractivity contribution is 6.36. The van der Waals surface area contributed by atoms with Gasteiger partial charge >= 0.3 is 5.97 Å². The molecule has 144 valence electrons. The number of halogens is 2. The molecular weight excluding hydrogens is 409 g/mol. The fraction of sp³-hybridized carbons (Fsp3) is 0.167. The van der Waals surface area contributed by atoms with Crippen LogP contribution in [0.2, 0.25) is 10.0 Å². The topological polar surface area (TPSA) is 106 Å². The quantitative estimate of drug-likeness (QED) is 0.586. The molecule has 0 spiro atoms. The summed E-state index contributed by atoms with van der Waals surface area (Å²) in [6, 6.07) is 7.66. The number of rotatable bonds is 5. The van der Waals surface area contributed by atoms with Crippen molar-refractivity contribution in [2.45, 2.75) is 6.92 Å². The Bertz CT molecular complexity index is 974. The molecule has 1 aliphatic heterocycles. The maximum atomic E-state index is 12.2. The van der Waals surface area contributed by atoms with Crippen molar-refractivity contribution in [3.63, 3.8) is 0 Å². The number of benzene rings is 1. The standard InChI is InChI=1S/C18H13Cl2N3O5/c1-9-12(19)6-13(20)16(21-9)22-14(24)8-28-15(25)7-23-17(26)10-4-2-3-5-11(10)18(23)27/h2-6H,7-8H2,1H3,(H,21,22,24). The summed E-state index contributed by atoms with van der Waals surface area (Å²) in [4.78, 5) is 53.1. The van der Waals surface area contributed by atoms with Gasteiger partial charge in [-0.05, 0) is 25.1 Å². The lowest BCUT2D eigenvalue weighted by Crippen LogP contribution is -2.36. The number of imide groups is 1. The molecule has 0 unspecified atom stereocenters. The molecule has 0 bridgehead atoms. The van der Waals surface area contributed by atoms with Gasteiger partial charge in [-0.15, -0.1) is 0 Å². The number of nitrogens with zero attached hydrogens (tertiary/aromatic N) is 2. The van der Waals surface area contributed by atoms with Crippen LogP contribution in [-0.2, 0) is 14.3 Å². The molecule has 0 saturated heterocycles. The van der Waals surface area contributed by atoms with Crippen molar-refractivity contribution in [2.75, 3.05) is 18.5 Å². The molecule has 1 aromatic heterocycles. The highest BCUT2D eigenvalue weighted by Crippen LogP contribution is 2.25. The number of anilines is 1. The van der Waals surface area contributed by atoms with Crippen LogP contribution in [0.5, 0.6) is 0 Å². The third kappa shape index (κ3) is 3.97. The summed E-state index contributed by atoms with van der Waals surface area (Å²) in [7, 11) is 0. The molecule has 1 aromatic carbocycles. The van der Waals surface area contributed by atoms with Gasteiger partial charge in [0.15, 0.2) is 12.4 Å². The van der Waals surface area contributed by atoms with Crippen LogP contribution >= 0.6 is 23.2 Å². The van der Waals surface area contributed by atoms with Crippen molar-refractivity contribution >= 4 is 52.7 Å². The molecule has 2 aromatic rings. The smallest absolute Gasteiger partial charge is 0.326 e. The van der Waals surface area contributed by atoms with E-state index in [9.17, 15) is 19.2 Å². The van der Waals surface area contributed by atoms with E-state index in [1.54, 1.807) is 19.1 Å². The van der Waals surface area contributed by atoms with E-state index >= 15 is 0 Å². The lowest BCUT2D eigenvalue weighted by molar-refractivity contribution is -0.147. The van der Waals surface area contributed by atoms with Crippen LogP contribution in [-0.4, -0.2) is 46.7 Å². The minimum absolute atomic E-state index is 0.0740. The number of hydrogen-bond acceptors (Lipinski definition) is 6. The molecular formula is C18H13Cl2N3O5. The average molecular weight is 422 g/mol. The van der Waals surface area contributed by atoms with Crippen LogP contribution in [0.1, 0.15) is 26.4 Å². The number of fused-ring (bicyclic) bond motifs is 1. The molecule has 1 N–H and O–H groups in total. The van der Waals surface area contributed by atoms with Crippen LogP contribution in [0, 0.1) is 6.92 Å². The van der Waals surface area contributed by atoms with Crippen molar-refractivity contribution in [3.8, 4) is 0 Å². The second-order valence-electron chi connectivity index (χ2n) is 5.84. The van der Waals surface area contributed by atoms with Gasteiger partial charge in [-0.2, -0.15) is 0 Å². The van der Waals surface area contributed by atoms with Crippen LogP contribution in [0.3, 0.4) is 0 Å². The number of amides is 3. The van der Waals surface area contributed by atoms with Gasteiger partial charge in [-0.3, -0.25) is 24.1 Å². The summed E-state index contributed by atoms with van der Waals surface area (Å²) in [5.74, 6) is -2.70. The summed E-state index contributed by atoms with van der Waals surface area (Å²) in [5.41, 5.74) is 0.901. The molecule has 0 saturated carbocycles. The Kier molecular flexibility index (Phi) is 5.62. The molecule has 2 heterocycles. The van der Waals surface area contributed by atoms with Gasteiger partial charge < -0.3 is 10.1 Å². The first kappa shape index (κ1) is 19.8. The van der Waals surface area contributed by atoms with Gasteiger partial charge in [0, 0.05) is 0 Å². The predicted molar refractivity (Wildman–Crippen MR) is 100 cm³/mol. The Labute approximate surface area is 169 Å². The molecule has 3 rings (SSSR count). The zero-order chi connectivity index (χ0) is 20.4. The normalized spacial score (nSPS) is 12.8. The largest absolute Gasteiger partial charge is 0.454 e. The fourth-order valence-electron chi connectivity index (χ4n) is 2.52. The van der Waals surface area contributed by atoms with Crippen molar-refractivity contribution < 1.29 is 23.9 Å². The van der Waals surface area contributed by atoms with E-state index in [1.807, 2.05) is 0 Å². The van der Waals surface area contributed by atoms with E-state index in [0.29, 0.717) is 10.7 Å². The highest BCUT2D eigenvalue weighted by Gasteiger charge is 2.36. The maximum Gasteiger partial charge on any atom is 0.326 e. The summed E-state index contributed by atoms with van der Waals surface area (Å²) in [6.45, 7) is 0.400. The molecule has 0 atom stereocenters. The highest BCUT2D eigenvalue weighted by atomic mass is 35.5. The zero-order valence-electron chi connectivity index (χ0n) is 14.5. The van der Waals surface area contributed by atoms with Crippen molar-refractivity contribution in [3.05, 3.63) is 57.2 Å². The van der Waals surface area contributed by atoms with E-state index in [2.05, 4.69) is 10.3 Å². The van der Waals surface area contributed by atoms with Crippen LogP contribution < -0.4 is 5.32 Å². The number of carbonyl (C=O) groups excluding carboxylic acids is 4. The van der Waals surface area contributed by atoms with Gasteiger partial charge in [0.1, 0.15) is 6.54 Å². The van der Waals surface area contributed by atoms with Crippen LogP contribution in [0.25, 0.3) is 0 Å². The van der Waals surface area contributed by atoms with Gasteiger partial charge in [0.25, 0.3) is 17.7 Å². The van der Waals surface area contributed by atoms with E-state index in [-0.39, 0.29) is 22.0 Å². The Balaban J connectivity index is 1.55. The van der Waals surface area contributed by atoms with Gasteiger partial charge in [-0.1, -0.05) is 35.3 Å². The molecule has 8 nitrogen and oxygen atoms in total. The summed E-state index contributed by atoms with van der Waals surface area (Å²) < 4.78 is 4.83. The summed E-state index contributed by atoms with van der Waals surface area (Å²) in [5, 5.41) is 2.86. The number of aromatic nitrogens is 1. The first-order valence-electron chi connectivity index (χ1n) is 8.01. The molecule has 10 heteroatoms. The number of ether oxygens (including phenoxy) is 1. The molecule has 0 aliphatic carbocycles. The fourth-order valence-corrected chi connectivity index (χ4v) is 2.92. The monoisotopic (exact) mass is 421 g/mol. The number of carbonyl (C=O) groups is 4. The third-order valence-corrected chi connectivity index (χ3v) is 4.56. The van der Waals surface area contributed by atoms with E-state index in [4.69, 9.17) is 27.9 Å². The van der Waals surface area contributed by atoms with Gasteiger partial charge in [-0.25, -0.2) is 4.98 Å². The third-order valence-electron chi connectivity index (χ3n) is 3.89. The Hall–Kier alpha value is -2.97. The minimum Gasteiger partial charge on any atom is -0.454 e. The number of nitrogens with one attached hydrogen (secondary N) is 1. The number of aryl methyl sites for hydroxylation is 1. The van der Waals surface area contributed by atoms with Gasteiger partial charge in [0.2, 0.25) is 0 Å². The molecule has 3 amide bonds. The Morgan fingerprint density at radius 3 is 2.32 bits per heavy atom. The lowest BCUT2D eigenvalue weighted by atomic mass is 10.1. The lowest BCUT2D eigenvalue weighted by Gasteiger charge is -2.13. The number of hydrogen-bond donors (Lipinski definition) is 1. The number of pyridine rings is 1. The SMILES string of the molecule is Cc1nc(NC(=O)COC(=O)CN2C(=O)c3ccccc3C2=O)c(Cl)cc1Cl. The van der Waals surface area contributed by atoms with Gasteiger partial charge in [0.05, 0.1) is 26.9 Å². The summed E-state index contributed by atoms with van der Waals surface area (Å²) >= 11 is 11.8. The van der Waals surface area contributed by atoms with E-state index < -0.39 is 36.8 Å². The second kappa shape index (κ2) is 7.95. The average Bonchev–Trinajstić information content (AvgIpc) is 2.90. The molecule has 0 fully saturated rings. The predicted octanol–water partition coefficient (Wildman–Crippen LogP) is 2.47. The first-order chi connectivity index (χ1) is 13.3. The second-order valence-corrected chi connectivity index (χ2v) is 6.65. The molecule has 0 radical (unpaired) electrons. The van der Waals surface area contributed by atoms with Crippen LogP contribution in [0.15, 0.2) is 30.3 Å². The zero-order valence-corrected chi connectivity index (χ0v) is 16.0. The first-order valence-corrected chi connectivity index (χ1v) is 8.77. The van der Waals surface area contributed by atoms with Crippen molar-refractivity contribution in [1.82, 2.24) is 9.88 Å². The van der Waals surface area contributed by atoms with Crippen molar-refractivity contribution in [2.24, 2.45) is 0 Å². The van der Waals surface area contributed by atoms with Crippen molar-refractivity contribution in [1.29, 1.82) is 0 Å².